The number of halogens is 1. The molecule has 1 atom stereocenters. The number of nitrogens with zero attached hydrogens (tertiary/aromatic N) is 1. The van der Waals surface area contributed by atoms with Crippen molar-refractivity contribution >= 4 is 40.5 Å². The number of carbonyl (C=O) groups excluding carboxylic acids is 2. The number of esters is 1. The van der Waals surface area contributed by atoms with Gasteiger partial charge in [0.2, 0.25) is 0 Å². The van der Waals surface area contributed by atoms with Crippen molar-refractivity contribution in [3.8, 4) is 5.75 Å². The molecule has 0 fully saturated rings. The number of nitrogens with one attached hydrogen (secondary N) is 1. The van der Waals surface area contributed by atoms with Gasteiger partial charge in [-0.3, -0.25) is 19.0 Å². The van der Waals surface area contributed by atoms with Gasteiger partial charge in [-0.2, -0.15) is 0 Å². The summed E-state index contributed by atoms with van der Waals surface area (Å²) in [5.41, 5.74) is 1.11. The Morgan fingerprint density at radius 3 is 2.68 bits per heavy atom. The molecular formula is C16H17ClN2O5S. The lowest BCUT2D eigenvalue weighted by Gasteiger charge is -2.14. The second kappa shape index (κ2) is 8.17. The Hall–Kier alpha value is -2.32. The summed E-state index contributed by atoms with van der Waals surface area (Å²) in [6.45, 7) is 2.93. The minimum atomic E-state index is -1.02. The van der Waals surface area contributed by atoms with Crippen molar-refractivity contribution in [1.82, 2.24) is 4.57 Å². The first-order valence-corrected chi connectivity index (χ1v) is 8.56. The molecule has 0 bridgehead atoms. The molecule has 134 valence electrons. The summed E-state index contributed by atoms with van der Waals surface area (Å²) in [5.74, 6) is -0.696. The van der Waals surface area contributed by atoms with Gasteiger partial charge in [0, 0.05) is 16.8 Å². The van der Waals surface area contributed by atoms with Crippen LogP contribution in [0.25, 0.3) is 0 Å². The fraction of sp³-hybridized carbons (Fsp3) is 0.312. The van der Waals surface area contributed by atoms with Gasteiger partial charge in [0.25, 0.3) is 5.91 Å². The predicted molar refractivity (Wildman–Crippen MR) is 95.5 cm³/mol. The summed E-state index contributed by atoms with van der Waals surface area (Å²) < 4.78 is 11.4. The Bertz CT molecular complexity index is 845. The first-order valence-electron chi connectivity index (χ1n) is 7.30. The van der Waals surface area contributed by atoms with Crippen molar-refractivity contribution in [3.05, 3.63) is 44.0 Å². The van der Waals surface area contributed by atoms with E-state index in [0.29, 0.717) is 22.2 Å². The van der Waals surface area contributed by atoms with Crippen molar-refractivity contribution < 1.29 is 19.1 Å². The van der Waals surface area contributed by atoms with Crippen LogP contribution in [0.2, 0.25) is 5.02 Å². The lowest BCUT2D eigenvalue weighted by atomic mass is 10.3. The number of anilines is 1. The monoisotopic (exact) mass is 384 g/mol. The van der Waals surface area contributed by atoms with Crippen LogP contribution in [-0.2, 0) is 20.9 Å². The number of hydrogen-bond donors (Lipinski definition) is 1. The van der Waals surface area contributed by atoms with Crippen molar-refractivity contribution in [2.24, 2.45) is 0 Å². The second-order valence-electron chi connectivity index (χ2n) is 5.20. The molecule has 2 rings (SSSR count). The van der Waals surface area contributed by atoms with E-state index in [0.717, 1.165) is 11.3 Å². The Morgan fingerprint density at radius 2 is 2.12 bits per heavy atom. The van der Waals surface area contributed by atoms with E-state index in [1.165, 1.54) is 24.7 Å². The highest BCUT2D eigenvalue weighted by atomic mass is 35.5. The van der Waals surface area contributed by atoms with E-state index in [1.807, 2.05) is 0 Å². The predicted octanol–water partition coefficient (Wildman–Crippen LogP) is 2.45. The summed E-state index contributed by atoms with van der Waals surface area (Å²) in [5, 5.41) is 4.59. The number of methoxy groups -OCH3 is 1. The number of amides is 1. The zero-order valence-electron chi connectivity index (χ0n) is 13.9. The molecule has 1 N–H and O–H groups in total. The molecule has 0 saturated carbocycles. The van der Waals surface area contributed by atoms with Gasteiger partial charge in [0.05, 0.1) is 12.1 Å². The largest absolute Gasteiger partial charge is 0.495 e. The van der Waals surface area contributed by atoms with Gasteiger partial charge in [-0.05, 0) is 32.0 Å². The Kier molecular flexibility index (Phi) is 6.22. The van der Waals surface area contributed by atoms with Crippen LogP contribution >= 0.6 is 22.9 Å². The lowest BCUT2D eigenvalue weighted by Crippen LogP contribution is -2.32. The van der Waals surface area contributed by atoms with Crippen LogP contribution in [0.5, 0.6) is 5.75 Å². The third-order valence-corrected chi connectivity index (χ3v) is 4.54. The van der Waals surface area contributed by atoms with E-state index in [9.17, 15) is 14.4 Å². The van der Waals surface area contributed by atoms with Crippen LogP contribution in [0.15, 0.2) is 28.4 Å². The molecule has 25 heavy (non-hydrogen) atoms. The fourth-order valence-electron chi connectivity index (χ4n) is 2.00. The molecule has 1 heterocycles. The normalized spacial score (nSPS) is 11.7. The number of benzene rings is 1. The number of carbonyl (C=O) groups is 2. The number of rotatable bonds is 6. The number of thiazole rings is 1. The highest BCUT2D eigenvalue weighted by Crippen LogP contribution is 2.27. The zero-order valence-corrected chi connectivity index (χ0v) is 15.4. The maximum Gasteiger partial charge on any atom is 0.326 e. The minimum absolute atomic E-state index is 0.236. The van der Waals surface area contributed by atoms with Gasteiger partial charge >= 0.3 is 10.8 Å². The summed E-state index contributed by atoms with van der Waals surface area (Å²) in [4.78, 5) is 35.4. The van der Waals surface area contributed by atoms with Gasteiger partial charge in [0.15, 0.2) is 6.10 Å². The highest BCUT2D eigenvalue weighted by molar-refractivity contribution is 7.07. The number of ether oxygens (including phenoxy) is 2. The molecule has 2 aromatic rings. The molecular weight excluding hydrogens is 368 g/mol. The summed E-state index contributed by atoms with van der Waals surface area (Å²) in [6.07, 6.45) is -1.02. The van der Waals surface area contributed by atoms with E-state index in [2.05, 4.69) is 5.32 Å². The molecule has 0 radical (unpaired) electrons. The van der Waals surface area contributed by atoms with Crippen molar-refractivity contribution in [2.45, 2.75) is 26.5 Å². The van der Waals surface area contributed by atoms with Gasteiger partial charge in [-0.25, -0.2) is 0 Å². The molecule has 1 amide bonds. The molecule has 0 aliphatic heterocycles. The number of hydrogen-bond acceptors (Lipinski definition) is 6. The topological polar surface area (TPSA) is 86.6 Å². The van der Waals surface area contributed by atoms with Crippen molar-refractivity contribution in [1.29, 1.82) is 0 Å². The molecule has 0 spiro atoms. The van der Waals surface area contributed by atoms with E-state index in [4.69, 9.17) is 21.1 Å². The third kappa shape index (κ3) is 4.83. The minimum Gasteiger partial charge on any atom is -0.495 e. The fourth-order valence-corrected chi connectivity index (χ4v) is 2.99. The van der Waals surface area contributed by atoms with Crippen LogP contribution < -0.4 is 14.9 Å². The molecule has 9 heteroatoms. The van der Waals surface area contributed by atoms with Gasteiger partial charge in [-0.1, -0.05) is 22.9 Å². The maximum atomic E-state index is 12.1. The summed E-state index contributed by atoms with van der Waals surface area (Å²) in [6, 6.07) is 4.76. The van der Waals surface area contributed by atoms with Crippen LogP contribution in [0.3, 0.4) is 0 Å². The first kappa shape index (κ1) is 19.0. The van der Waals surface area contributed by atoms with Crippen molar-refractivity contribution in [3.63, 3.8) is 0 Å². The lowest BCUT2D eigenvalue weighted by molar-refractivity contribution is -0.153. The SMILES string of the molecule is COc1ccc(NC(=O)[C@@H](C)OC(=O)Cn2c(C)csc2=O)cc1Cl. The van der Waals surface area contributed by atoms with Gasteiger partial charge in [0.1, 0.15) is 12.3 Å². The third-order valence-electron chi connectivity index (χ3n) is 3.36. The highest BCUT2D eigenvalue weighted by Gasteiger charge is 2.19. The molecule has 1 aromatic heterocycles. The molecule has 0 unspecified atom stereocenters. The Balaban J connectivity index is 1.94. The molecule has 0 aliphatic carbocycles. The summed E-state index contributed by atoms with van der Waals surface area (Å²) >= 11 is 6.99. The van der Waals surface area contributed by atoms with Crippen LogP contribution in [0, 0.1) is 6.92 Å². The molecule has 7 nitrogen and oxygen atoms in total. The Morgan fingerprint density at radius 1 is 1.40 bits per heavy atom. The van der Waals surface area contributed by atoms with E-state index < -0.39 is 18.0 Å². The number of aryl methyl sites for hydroxylation is 1. The standard InChI is InChI=1S/C16H17ClN2O5S/c1-9-8-25-16(22)19(9)7-14(20)24-10(2)15(21)18-11-4-5-13(23-3)12(17)6-11/h4-6,8,10H,7H2,1-3H3,(H,18,21)/t10-/m1/s1. The maximum absolute atomic E-state index is 12.1. The quantitative estimate of drug-likeness (QED) is 0.773. The first-order chi connectivity index (χ1) is 11.8. The van der Waals surface area contributed by atoms with Crippen LogP contribution in [-0.4, -0.2) is 29.7 Å². The zero-order chi connectivity index (χ0) is 18.6. The van der Waals surface area contributed by atoms with Gasteiger partial charge < -0.3 is 14.8 Å². The van der Waals surface area contributed by atoms with E-state index >= 15 is 0 Å². The van der Waals surface area contributed by atoms with Crippen molar-refractivity contribution in [2.75, 3.05) is 12.4 Å². The summed E-state index contributed by atoms with van der Waals surface area (Å²) in [7, 11) is 1.49. The Labute approximate surface area is 153 Å². The smallest absolute Gasteiger partial charge is 0.326 e. The molecule has 0 aliphatic rings. The van der Waals surface area contributed by atoms with Gasteiger partial charge in [-0.15, -0.1) is 0 Å². The molecule has 1 aromatic carbocycles. The molecule has 0 saturated heterocycles. The number of aromatic nitrogens is 1. The second-order valence-corrected chi connectivity index (χ2v) is 6.43. The van der Waals surface area contributed by atoms with Crippen LogP contribution in [0.4, 0.5) is 5.69 Å². The average molecular weight is 385 g/mol. The van der Waals surface area contributed by atoms with Crippen LogP contribution in [0.1, 0.15) is 12.6 Å². The van der Waals surface area contributed by atoms with E-state index in [-0.39, 0.29) is 11.4 Å². The van der Waals surface area contributed by atoms with E-state index in [1.54, 1.807) is 24.4 Å². The average Bonchev–Trinajstić information content (AvgIpc) is 2.86.